The number of carbonyl (C=O) groups is 3. The van der Waals surface area contributed by atoms with Crippen molar-refractivity contribution < 1.29 is 19.1 Å². The number of nitrogens with zero attached hydrogens (tertiary/aromatic N) is 1. The first kappa shape index (κ1) is 24.6. The van der Waals surface area contributed by atoms with Crippen LogP contribution in [-0.2, 0) is 4.79 Å². The zero-order chi connectivity index (χ0) is 23.8. The van der Waals surface area contributed by atoms with Gasteiger partial charge in [0.05, 0.1) is 23.3 Å². The van der Waals surface area contributed by atoms with Crippen LogP contribution in [0.4, 0.5) is 0 Å². The van der Waals surface area contributed by atoms with Crippen molar-refractivity contribution in [3.8, 4) is 5.75 Å². The number of hydrogen-bond donors (Lipinski definition) is 2. The predicted octanol–water partition coefficient (Wildman–Crippen LogP) is 4.96. The molecule has 0 aliphatic rings. The minimum atomic E-state index is -0.628. The Balaban J connectivity index is 1.60. The molecule has 0 aromatic heterocycles. The fraction of sp³-hybridized carbons (Fsp3) is 0.0435. The van der Waals surface area contributed by atoms with Gasteiger partial charge in [0.1, 0.15) is 5.75 Å². The van der Waals surface area contributed by atoms with Crippen LogP contribution in [-0.4, -0.2) is 30.5 Å². The molecule has 3 aromatic carbocycles. The third-order valence-corrected chi connectivity index (χ3v) is 5.47. The van der Waals surface area contributed by atoms with Gasteiger partial charge < -0.3 is 10.1 Å². The van der Waals surface area contributed by atoms with E-state index in [1.807, 2.05) is 0 Å². The second-order valence-electron chi connectivity index (χ2n) is 6.54. The van der Waals surface area contributed by atoms with Crippen LogP contribution in [0.25, 0.3) is 0 Å². The molecule has 33 heavy (non-hydrogen) atoms. The van der Waals surface area contributed by atoms with Crippen LogP contribution in [0.1, 0.15) is 26.3 Å². The van der Waals surface area contributed by atoms with Crippen LogP contribution in [0, 0.1) is 0 Å². The molecule has 3 aromatic rings. The first-order chi connectivity index (χ1) is 15.8. The first-order valence-electron chi connectivity index (χ1n) is 9.45. The lowest BCUT2D eigenvalue weighted by Gasteiger charge is -2.09. The lowest BCUT2D eigenvalue weighted by Crippen LogP contribution is -2.34. The van der Waals surface area contributed by atoms with E-state index < -0.39 is 17.8 Å². The molecule has 0 bridgehead atoms. The standard InChI is InChI=1S/C23H16Br2ClN3O4/c24-16-5-3-4-14(10-16)22(31)27-13-21(30)29-28-12-15-11-17(25)8-9-20(15)33-23(32)18-6-1-2-7-19(18)26/h1-12H,13H2,(H,27,31)(H,29,30). The molecule has 0 unspecified atom stereocenters. The highest BCUT2D eigenvalue weighted by atomic mass is 79.9. The van der Waals surface area contributed by atoms with Gasteiger partial charge in [0.15, 0.2) is 0 Å². The lowest BCUT2D eigenvalue weighted by atomic mass is 10.2. The van der Waals surface area contributed by atoms with E-state index in [4.69, 9.17) is 16.3 Å². The maximum Gasteiger partial charge on any atom is 0.345 e. The minimum absolute atomic E-state index is 0.222. The van der Waals surface area contributed by atoms with E-state index in [1.54, 1.807) is 66.7 Å². The molecule has 2 N–H and O–H groups in total. The Morgan fingerprint density at radius 2 is 1.73 bits per heavy atom. The molecule has 0 fully saturated rings. The summed E-state index contributed by atoms with van der Waals surface area (Å²) in [5, 5.41) is 6.66. The van der Waals surface area contributed by atoms with Gasteiger partial charge in [-0.25, -0.2) is 10.2 Å². The zero-order valence-corrected chi connectivity index (χ0v) is 20.8. The summed E-state index contributed by atoms with van der Waals surface area (Å²) < 4.78 is 6.92. The summed E-state index contributed by atoms with van der Waals surface area (Å²) in [7, 11) is 0. The molecule has 0 heterocycles. The average Bonchev–Trinajstić information content (AvgIpc) is 2.79. The Hall–Kier alpha value is -3.01. The number of amides is 2. The van der Waals surface area contributed by atoms with Crippen LogP contribution < -0.4 is 15.5 Å². The number of benzene rings is 3. The van der Waals surface area contributed by atoms with Crippen molar-refractivity contribution in [2.24, 2.45) is 5.10 Å². The third kappa shape index (κ3) is 7.24. The maximum atomic E-state index is 12.5. The van der Waals surface area contributed by atoms with Crippen molar-refractivity contribution in [1.29, 1.82) is 0 Å². The van der Waals surface area contributed by atoms with Gasteiger partial charge in [-0.1, -0.05) is 61.7 Å². The molecule has 0 saturated heterocycles. The molecule has 0 saturated carbocycles. The maximum absolute atomic E-state index is 12.5. The van der Waals surface area contributed by atoms with Gasteiger partial charge in [-0.15, -0.1) is 0 Å². The minimum Gasteiger partial charge on any atom is -0.422 e. The lowest BCUT2D eigenvalue weighted by molar-refractivity contribution is -0.120. The van der Waals surface area contributed by atoms with E-state index in [9.17, 15) is 14.4 Å². The van der Waals surface area contributed by atoms with Gasteiger partial charge >= 0.3 is 5.97 Å². The number of halogens is 3. The Bertz CT molecular complexity index is 1230. The summed E-state index contributed by atoms with van der Waals surface area (Å²) >= 11 is 12.7. The normalized spacial score (nSPS) is 10.6. The summed E-state index contributed by atoms with van der Waals surface area (Å²) in [6, 6.07) is 18.3. The van der Waals surface area contributed by atoms with Gasteiger partial charge in [0.25, 0.3) is 11.8 Å². The first-order valence-corrected chi connectivity index (χ1v) is 11.4. The summed E-state index contributed by atoms with van der Waals surface area (Å²) in [5.41, 5.74) is 3.39. The van der Waals surface area contributed by atoms with E-state index >= 15 is 0 Å². The molecule has 10 heteroatoms. The summed E-state index contributed by atoms with van der Waals surface area (Å²) in [6.45, 7) is -0.268. The van der Waals surface area contributed by atoms with Crippen molar-refractivity contribution in [2.45, 2.75) is 0 Å². The molecule has 0 aliphatic carbocycles. The van der Waals surface area contributed by atoms with Crippen molar-refractivity contribution >= 4 is 67.5 Å². The van der Waals surface area contributed by atoms with E-state index in [0.29, 0.717) is 15.6 Å². The molecule has 0 radical (unpaired) electrons. The third-order valence-electron chi connectivity index (χ3n) is 4.16. The molecule has 3 rings (SSSR count). The van der Waals surface area contributed by atoms with E-state index in [1.165, 1.54) is 6.21 Å². The molecule has 0 aliphatic heterocycles. The van der Waals surface area contributed by atoms with Gasteiger partial charge in [-0.05, 0) is 48.5 Å². The Morgan fingerprint density at radius 3 is 2.48 bits per heavy atom. The molecule has 2 amide bonds. The van der Waals surface area contributed by atoms with Gasteiger partial charge in [-0.3, -0.25) is 9.59 Å². The summed E-state index contributed by atoms with van der Waals surface area (Å²) in [4.78, 5) is 36.6. The van der Waals surface area contributed by atoms with Gasteiger partial charge in [0.2, 0.25) is 0 Å². The van der Waals surface area contributed by atoms with Crippen LogP contribution in [0.15, 0.2) is 80.8 Å². The zero-order valence-electron chi connectivity index (χ0n) is 16.8. The number of hydrazone groups is 1. The fourth-order valence-electron chi connectivity index (χ4n) is 2.60. The van der Waals surface area contributed by atoms with Crippen LogP contribution in [0.2, 0.25) is 5.02 Å². The summed E-state index contributed by atoms with van der Waals surface area (Å²) in [6.07, 6.45) is 1.33. The topological polar surface area (TPSA) is 96.9 Å². The molecule has 7 nitrogen and oxygen atoms in total. The highest BCUT2D eigenvalue weighted by Crippen LogP contribution is 2.24. The number of carbonyl (C=O) groups excluding carboxylic acids is 3. The van der Waals surface area contributed by atoms with Gasteiger partial charge in [0, 0.05) is 20.1 Å². The number of rotatable bonds is 7. The fourth-order valence-corrected chi connectivity index (χ4v) is 3.59. The Morgan fingerprint density at radius 1 is 0.970 bits per heavy atom. The van der Waals surface area contributed by atoms with Crippen LogP contribution in [0.5, 0.6) is 5.75 Å². The molecule has 0 spiro atoms. The van der Waals surface area contributed by atoms with Crippen molar-refractivity contribution in [1.82, 2.24) is 10.7 Å². The van der Waals surface area contributed by atoms with Gasteiger partial charge in [-0.2, -0.15) is 5.10 Å². The smallest absolute Gasteiger partial charge is 0.345 e. The van der Waals surface area contributed by atoms with Crippen molar-refractivity contribution in [3.05, 3.63) is 97.4 Å². The monoisotopic (exact) mass is 591 g/mol. The number of hydrogen-bond acceptors (Lipinski definition) is 5. The highest BCUT2D eigenvalue weighted by Gasteiger charge is 2.14. The number of ether oxygens (including phenoxy) is 1. The number of esters is 1. The molecular formula is C23H16Br2ClN3O4. The van der Waals surface area contributed by atoms with Crippen LogP contribution >= 0.6 is 43.5 Å². The second-order valence-corrected chi connectivity index (χ2v) is 8.78. The van der Waals surface area contributed by atoms with E-state index in [0.717, 1.165) is 4.47 Å². The molecule has 0 atom stereocenters. The highest BCUT2D eigenvalue weighted by molar-refractivity contribution is 9.10. The Labute approximate surface area is 211 Å². The van der Waals surface area contributed by atoms with Crippen molar-refractivity contribution in [2.75, 3.05) is 6.54 Å². The predicted molar refractivity (Wildman–Crippen MR) is 133 cm³/mol. The average molecular weight is 594 g/mol. The van der Waals surface area contributed by atoms with E-state index in [2.05, 4.69) is 47.7 Å². The largest absolute Gasteiger partial charge is 0.422 e. The SMILES string of the molecule is O=C(CNC(=O)c1cccc(Br)c1)NN=Cc1cc(Br)ccc1OC(=O)c1ccccc1Cl. The Kier molecular flexibility index (Phi) is 8.76. The van der Waals surface area contributed by atoms with Crippen molar-refractivity contribution in [3.63, 3.8) is 0 Å². The molecule has 168 valence electrons. The second kappa shape index (κ2) is 11.7. The van der Waals surface area contributed by atoms with E-state index in [-0.39, 0.29) is 22.9 Å². The van der Waals surface area contributed by atoms with Crippen LogP contribution in [0.3, 0.4) is 0 Å². The number of nitrogens with one attached hydrogen (secondary N) is 2. The summed E-state index contributed by atoms with van der Waals surface area (Å²) in [5.74, 6) is -1.32. The quantitative estimate of drug-likeness (QED) is 0.175. The molecular weight excluding hydrogens is 578 g/mol.